The first-order valence-electron chi connectivity index (χ1n) is 8.37. The van der Waals surface area contributed by atoms with E-state index in [9.17, 15) is 19.7 Å². The number of non-ortho nitro benzene ring substituents is 1. The fourth-order valence-corrected chi connectivity index (χ4v) is 2.40. The molecule has 0 saturated carbocycles. The molecule has 0 bridgehead atoms. The number of nitro groups is 1. The molecule has 0 atom stereocenters. The van der Waals surface area contributed by atoms with Crippen LogP contribution in [0.1, 0.15) is 26.3 Å². The number of esters is 1. The van der Waals surface area contributed by atoms with Gasteiger partial charge in [-0.25, -0.2) is 4.79 Å². The molecule has 0 aliphatic carbocycles. The topological polar surface area (TPSA) is 86.5 Å². The van der Waals surface area contributed by atoms with Crippen molar-refractivity contribution >= 4 is 23.5 Å². The number of carbonyl (C=O) groups is 2. The minimum atomic E-state index is -0.641. The summed E-state index contributed by atoms with van der Waals surface area (Å²) < 4.78 is 5.23. The van der Waals surface area contributed by atoms with E-state index < -0.39 is 10.9 Å². The Morgan fingerprint density at radius 1 is 0.821 bits per heavy atom. The van der Waals surface area contributed by atoms with Gasteiger partial charge in [0.1, 0.15) is 5.75 Å². The van der Waals surface area contributed by atoms with E-state index in [0.29, 0.717) is 5.56 Å². The van der Waals surface area contributed by atoms with Crippen molar-refractivity contribution in [1.82, 2.24) is 0 Å². The molecule has 0 fully saturated rings. The summed E-state index contributed by atoms with van der Waals surface area (Å²) >= 11 is 0. The quantitative estimate of drug-likeness (QED) is 0.156. The number of carbonyl (C=O) groups excluding carboxylic acids is 2. The molecule has 0 aromatic heterocycles. The Balaban J connectivity index is 1.63. The van der Waals surface area contributed by atoms with Gasteiger partial charge in [0.15, 0.2) is 5.78 Å². The van der Waals surface area contributed by atoms with Crippen molar-refractivity contribution in [3.63, 3.8) is 0 Å². The van der Waals surface area contributed by atoms with E-state index in [1.165, 1.54) is 42.5 Å². The van der Waals surface area contributed by atoms with Crippen LogP contribution in [0.5, 0.6) is 5.75 Å². The Morgan fingerprint density at radius 3 is 2.04 bits per heavy atom. The van der Waals surface area contributed by atoms with Crippen LogP contribution in [0.4, 0.5) is 5.69 Å². The van der Waals surface area contributed by atoms with Gasteiger partial charge in [0.05, 0.1) is 10.5 Å². The van der Waals surface area contributed by atoms with E-state index in [4.69, 9.17) is 4.74 Å². The molecule has 28 heavy (non-hydrogen) atoms. The first kappa shape index (κ1) is 18.7. The molecule has 0 radical (unpaired) electrons. The first-order chi connectivity index (χ1) is 13.5. The van der Waals surface area contributed by atoms with E-state index in [-0.39, 0.29) is 22.8 Å². The van der Waals surface area contributed by atoms with Crippen LogP contribution in [0.2, 0.25) is 0 Å². The van der Waals surface area contributed by atoms with Gasteiger partial charge in [-0.1, -0.05) is 36.4 Å². The summed E-state index contributed by atoms with van der Waals surface area (Å²) in [6, 6.07) is 20.8. The van der Waals surface area contributed by atoms with Crippen molar-refractivity contribution in [3.05, 3.63) is 112 Å². The predicted octanol–water partition coefficient (Wildman–Crippen LogP) is 4.71. The average molecular weight is 373 g/mol. The van der Waals surface area contributed by atoms with Crippen LogP contribution in [0.15, 0.2) is 84.9 Å². The molecule has 0 N–H and O–H groups in total. The van der Waals surface area contributed by atoms with Gasteiger partial charge >= 0.3 is 5.97 Å². The lowest BCUT2D eigenvalue weighted by Gasteiger charge is -2.05. The Hall–Kier alpha value is -4.06. The lowest BCUT2D eigenvalue weighted by molar-refractivity contribution is -0.384. The summed E-state index contributed by atoms with van der Waals surface area (Å²) in [6.45, 7) is 0. The molecule has 0 unspecified atom stereocenters. The van der Waals surface area contributed by atoms with Crippen molar-refractivity contribution in [3.8, 4) is 5.75 Å². The number of ketones is 1. The number of hydrogen-bond acceptors (Lipinski definition) is 5. The summed E-state index contributed by atoms with van der Waals surface area (Å²) in [5.41, 5.74) is 1.46. The molecule has 3 rings (SSSR count). The van der Waals surface area contributed by atoms with Crippen LogP contribution in [0, 0.1) is 10.1 Å². The van der Waals surface area contributed by atoms with Crippen LogP contribution < -0.4 is 4.74 Å². The van der Waals surface area contributed by atoms with Crippen LogP contribution in [0.25, 0.3) is 6.08 Å². The van der Waals surface area contributed by atoms with Crippen LogP contribution >= 0.6 is 0 Å². The highest BCUT2D eigenvalue weighted by molar-refractivity contribution is 6.06. The monoisotopic (exact) mass is 373 g/mol. The maximum Gasteiger partial charge on any atom is 0.343 e. The molecule has 0 amide bonds. The van der Waals surface area contributed by atoms with Crippen LogP contribution in [-0.2, 0) is 0 Å². The molecule has 0 aliphatic rings. The highest BCUT2D eigenvalue weighted by Crippen LogP contribution is 2.17. The van der Waals surface area contributed by atoms with Gasteiger partial charge < -0.3 is 4.74 Å². The van der Waals surface area contributed by atoms with Crippen LogP contribution in [0.3, 0.4) is 0 Å². The van der Waals surface area contributed by atoms with Gasteiger partial charge in [0.2, 0.25) is 0 Å². The predicted molar refractivity (Wildman–Crippen MR) is 104 cm³/mol. The fourth-order valence-electron chi connectivity index (χ4n) is 2.40. The molecular formula is C22H15NO5. The Bertz CT molecular complexity index is 1020. The number of nitro benzene ring substituents is 1. The fraction of sp³-hybridized carbons (Fsp3) is 0. The van der Waals surface area contributed by atoms with E-state index in [2.05, 4.69) is 0 Å². The second-order valence-corrected chi connectivity index (χ2v) is 5.83. The second kappa shape index (κ2) is 8.55. The molecule has 6 heteroatoms. The number of benzene rings is 3. The zero-order valence-corrected chi connectivity index (χ0v) is 14.6. The highest BCUT2D eigenvalue weighted by atomic mass is 16.6. The highest BCUT2D eigenvalue weighted by Gasteiger charge is 2.12. The minimum Gasteiger partial charge on any atom is -0.423 e. The standard InChI is InChI=1S/C22H15NO5/c24-21(15-6-16-4-2-1-3-5-16)17-9-13-20(14-10-17)28-22(25)18-7-11-19(12-8-18)23(26)27/h1-15H/b15-6+. The van der Waals surface area contributed by atoms with E-state index in [1.807, 2.05) is 30.3 Å². The number of rotatable bonds is 6. The molecule has 0 spiro atoms. The normalized spacial score (nSPS) is 10.6. The summed E-state index contributed by atoms with van der Waals surface area (Å²) in [5.74, 6) is -0.540. The third kappa shape index (κ3) is 4.76. The molecule has 3 aromatic rings. The van der Waals surface area contributed by atoms with Crippen molar-refractivity contribution in [2.75, 3.05) is 0 Å². The Labute approximate surface area is 160 Å². The molecule has 3 aromatic carbocycles. The van der Waals surface area contributed by atoms with Crippen molar-refractivity contribution in [1.29, 1.82) is 0 Å². The first-order valence-corrected chi connectivity index (χ1v) is 8.37. The number of ether oxygens (including phenoxy) is 1. The summed E-state index contributed by atoms with van der Waals surface area (Å²) in [4.78, 5) is 34.4. The van der Waals surface area contributed by atoms with Gasteiger partial charge in [-0.15, -0.1) is 0 Å². The molecular weight excluding hydrogens is 358 g/mol. The molecule has 0 heterocycles. The van der Waals surface area contributed by atoms with E-state index >= 15 is 0 Å². The van der Waals surface area contributed by atoms with Gasteiger partial charge in [-0.05, 0) is 48.0 Å². The number of nitrogens with zero attached hydrogens (tertiary/aromatic N) is 1. The maximum atomic E-state index is 12.2. The second-order valence-electron chi connectivity index (χ2n) is 5.83. The lowest BCUT2D eigenvalue weighted by atomic mass is 10.1. The Morgan fingerprint density at radius 2 is 1.43 bits per heavy atom. The van der Waals surface area contributed by atoms with E-state index in [1.54, 1.807) is 18.2 Å². The van der Waals surface area contributed by atoms with Crippen molar-refractivity contribution < 1.29 is 19.2 Å². The SMILES string of the molecule is O=C(/C=C/c1ccccc1)c1ccc(OC(=O)c2ccc([N+](=O)[O-])cc2)cc1. The lowest BCUT2D eigenvalue weighted by Crippen LogP contribution is -2.08. The third-order valence-corrected chi connectivity index (χ3v) is 3.89. The Kier molecular flexibility index (Phi) is 5.72. The summed E-state index contributed by atoms with van der Waals surface area (Å²) in [6.07, 6.45) is 3.21. The van der Waals surface area contributed by atoms with E-state index in [0.717, 1.165) is 5.56 Å². The van der Waals surface area contributed by atoms with Crippen molar-refractivity contribution in [2.45, 2.75) is 0 Å². The average Bonchev–Trinajstić information content (AvgIpc) is 2.73. The van der Waals surface area contributed by atoms with Crippen molar-refractivity contribution in [2.24, 2.45) is 0 Å². The van der Waals surface area contributed by atoms with Gasteiger partial charge in [-0.3, -0.25) is 14.9 Å². The van der Waals surface area contributed by atoms with Gasteiger partial charge in [0.25, 0.3) is 5.69 Å². The molecule has 138 valence electrons. The minimum absolute atomic E-state index is 0.108. The van der Waals surface area contributed by atoms with Gasteiger partial charge in [-0.2, -0.15) is 0 Å². The summed E-state index contributed by atoms with van der Waals surface area (Å²) in [7, 11) is 0. The third-order valence-electron chi connectivity index (χ3n) is 3.89. The maximum absolute atomic E-state index is 12.2. The van der Waals surface area contributed by atoms with Gasteiger partial charge in [0, 0.05) is 17.7 Å². The summed E-state index contributed by atoms with van der Waals surface area (Å²) in [5, 5.41) is 10.6. The number of allylic oxidation sites excluding steroid dienone is 1. The van der Waals surface area contributed by atoms with Crippen LogP contribution in [-0.4, -0.2) is 16.7 Å². The zero-order chi connectivity index (χ0) is 19.9. The molecule has 6 nitrogen and oxygen atoms in total. The molecule has 0 aliphatic heterocycles. The molecule has 0 saturated heterocycles. The smallest absolute Gasteiger partial charge is 0.343 e. The zero-order valence-electron chi connectivity index (χ0n) is 14.6. The number of hydrogen-bond donors (Lipinski definition) is 0. The largest absolute Gasteiger partial charge is 0.423 e.